The van der Waals surface area contributed by atoms with Gasteiger partial charge in [0.05, 0.1) is 0 Å². The molecule has 0 aromatic heterocycles. The van der Waals surface area contributed by atoms with Gasteiger partial charge in [0, 0.05) is 11.6 Å². The highest BCUT2D eigenvalue weighted by Crippen LogP contribution is 2.28. The number of nitrogens with two attached hydrogens (primary N) is 1. The van der Waals surface area contributed by atoms with Gasteiger partial charge in [-0.3, -0.25) is 0 Å². The van der Waals surface area contributed by atoms with Crippen molar-refractivity contribution in [3.63, 3.8) is 0 Å². The van der Waals surface area contributed by atoms with E-state index in [1.807, 2.05) is 37.3 Å². The first-order valence-corrected chi connectivity index (χ1v) is 5.81. The maximum Gasteiger partial charge on any atom is 0.407 e. The molecule has 3 N–H and O–H groups in total. The summed E-state index contributed by atoms with van der Waals surface area (Å²) in [6.07, 6.45) is 1.26. The van der Waals surface area contributed by atoms with E-state index in [0.29, 0.717) is 6.61 Å². The first kappa shape index (κ1) is 11.9. The molecule has 4 nitrogen and oxygen atoms in total. The van der Waals surface area contributed by atoms with Gasteiger partial charge in [0.25, 0.3) is 0 Å². The molecule has 2 rings (SSSR count). The Balaban J connectivity index is 1.69. The lowest BCUT2D eigenvalue weighted by Crippen LogP contribution is -2.58. The molecule has 0 unspecified atom stereocenters. The third-order valence-electron chi connectivity index (χ3n) is 2.96. The monoisotopic (exact) mass is 234 g/mol. The molecule has 4 heteroatoms. The zero-order chi connectivity index (χ0) is 12.3. The second kappa shape index (κ2) is 4.75. The van der Waals surface area contributed by atoms with E-state index in [4.69, 9.17) is 10.5 Å². The van der Waals surface area contributed by atoms with Crippen LogP contribution >= 0.6 is 0 Å². The molecule has 0 saturated heterocycles. The van der Waals surface area contributed by atoms with E-state index in [9.17, 15) is 4.79 Å². The molecular weight excluding hydrogens is 216 g/mol. The average molecular weight is 234 g/mol. The van der Waals surface area contributed by atoms with Gasteiger partial charge >= 0.3 is 6.09 Å². The molecule has 0 bridgehead atoms. The van der Waals surface area contributed by atoms with Gasteiger partial charge in [-0.2, -0.15) is 0 Å². The summed E-state index contributed by atoms with van der Waals surface area (Å²) in [6.45, 7) is 2.29. The minimum Gasteiger partial charge on any atom is -0.445 e. The van der Waals surface area contributed by atoms with Gasteiger partial charge in [0.1, 0.15) is 6.61 Å². The molecule has 1 aromatic carbocycles. The number of ether oxygens (including phenoxy) is 1. The summed E-state index contributed by atoms with van der Waals surface area (Å²) in [5.41, 5.74) is 6.72. The number of alkyl carbamates (subject to hydrolysis) is 1. The van der Waals surface area contributed by atoms with Crippen molar-refractivity contribution in [1.29, 1.82) is 0 Å². The van der Waals surface area contributed by atoms with E-state index in [-0.39, 0.29) is 17.7 Å². The predicted octanol–water partition coefficient (Wildman–Crippen LogP) is 1.79. The van der Waals surface area contributed by atoms with Crippen LogP contribution in [-0.2, 0) is 11.3 Å². The van der Waals surface area contributed by atoms with Crippen LogP contribution in [0.4, 0.5) is 4.79 Å². The van der Waals surface area contributed by atoms with Crippen LogP contribution in [0, 0.1) is 0 Å². The number of carbonyl (C=O) groups excluding carboxylic acids is 1. The quantitative estimate of drug-likeness (QED) is 0.838. The van der Waals surface area contributed by atoms with Crippen LogP contribution in [0.2, 0.25) is 0 Å². The molecule has 0 atom stereocenters. The average Bonchev–Trinajstić information content (AvgIpc) is 2.25. The van der Waals surface area contributed by atoms with Gasteiger partial charge < -0.3 is 15.8 Å². The number of rotatable bonds is 3. The number of benzene rings is 1. The number of hydrogen-bond acceptors (Lipinski definition) is 3. The third-order valence-corrected chi connectivity index (χ3v) is 2.96. The molecule has 17 heavy (non-hydrogen) atoms. The summed E-state index contributed by atoms with van der Waals surface area (Å²) in [4.78, 5) is 11.5. The minimum atomic E-state index is -0.366. The van der Waals surface area contributed by atoms with Crippen LogP contribution in [0.1, 0.15) is 25.3 Å². The van der Waals surface area contributed by atoms with Gasteiger partial charge in [-0.05, 0) is 25.3 Å². The number of nitrogens with one attached hydrogen (secondary N) is 1. The second-order valence-electron chi connectivity index (χ2n) is 4.97. The smallest absolute Gasteiger partial charge is 0.407 e. The Morgan fingerprint density at radius 2 is 2.12 bits per heavy atom. The van der Waals surface area contributed by atoms with Gasteiger partial charge in [0.2, 0.25) is 0 Å². The van der Waals surface area contributed by atoms with Crippen LogP contribution in [0.5, 0.6) is 0 Å². The van der Waals surface area contributed by atoms with Crippen molar-refractivity contribution in [3.05, 3.63) is 35.9 Å². The van der Waals surface area contributed by atoms with Crippen molar-refractivity contribution >= 4 is 6.09 Å². The molecule has 1 aliphatic carbocycles. The standard InChI is InChI=1S/C13H18N2O2/c1-13(14)7-11(8-13)15-12(16)17-9-10-5-3-2-4-6-10/h2-6,11H,7-9,14H2,1H3,(H,15,16). The second-order valence-corrected chi connectivity index (χ2v) is 4.97. The zero-order valence-corrected chi connectivity index (χ0v) is 9.98. The van der Waals surface area contributed by atoms with E-state index in [0.717, 1.165) is 18.4 Å². The molecule has 1 fully saturated rings. The SMILES string of the molecule is CC1(N)CC(NC(=O)OCc2ccccc2)C1. The van der Waals surface area contributed by atoms with Crippen molar-refractivity contribution in [3.8, 4) is 0 Å². The van der Waals surface area contributed by atoms with E-state index in [2.05, 4.69) is 5.32 Å². The minimum absolute atomic E-state index is 0.128. The van der Waals surface area contributed by atoms with Crippen LogP contribution < -0.4 is 11.1 Å². The Labute approximate surface area is 101 Å². The van der Waals surface area contributed by atoms with E-state index >= 15 is 0 Å². The summed E-state index contributed by atoms with van der Waals surface area (Å²) >= 11 is 0. The summed E-state index contributed by atoms with van der Waals surface area (Å²) in [5, 5.41) is 2.80. The Bertz CT molecular complexity index is 382. The van der Waals surface area contributed by atoms with Crippen molar-refractivity contribution in [2.45, 2.75) is 38.0 Å². The van der Waals surface area contributed by atoms with E-state index in [1.165, 1.54) is 0 Å². The molecule has 0 aliphatic heterocycles. The van der Waals surface area contributed by atoms with E-state index in [1.54, 1.807) is 0 Å². The molecule has 1 aromatic rings. The fourth-order valence-corrected chi connectivity index (χ4v) is 2.10. The van der Waals surface area contributed by atoms with E-state index < -0.39 is 0 Å². The molecule has 92 valence electrons. The first-order valence-electron chi connectivity index (χ1n) is 5.81. The number of hydrogen-bond donors (Lipinski definition) is 2. The highest BCUT2D eigenvalue weighted by molar-refractivity contribution is 5.67. The zero-order valence-electron chi connectivity index (χ0n) is 9.98. The van der Waals surface area contributed by atoms with Crippen LogP contribution in [-0.4, -0.2) is 17.7 Å². The predicted molar refractivity (Wildman–Crippen MR) is 65.4 cm³/mol. The molecule has 0 radical (unpaired) electrons. The Morgan fingerprint density at radius 3 is 2.71 bits per heavy atom. The lowest BCUT2D eigenvalue weighted by Gasteiger charge is -2.42. The summed E-state index contributed by atoms with van der Waals surface area (Å²) in [6, 6.07) is 9.78. The Hall–Kier alpha value is -1.55. The largest absolute Gasteiger partial charge is 0.445 e. The lowest BCUT2D eigenvalue weighted by atomic mass is 9.75. The van der Waals surface area contributed by atoms with Gasteiger partial charge in [-0.1, -0.05) is 30.3 Å². The summed E-state index contributed by atoms with van der Waals surface area (Å²) < 4.78 is 5.11. The van der Waals surface area contributed by atoms with Gasteiger partial charge in [-0.25, -0.2) is 4.79 Å². The highest BCUT2D eigenvalue weighted by atomic mass is 16.5. The molecule has 0 heterocycles. The fraction of sp³-hybridized carbons (Fsp3) is 0.462. The number of carbonyl (C=O) groups is 1. The Morgan fingerprint density at radius 1 is 1.47 bits per heavy atom. The van der Waals surface area contributed by atoms with Crippen molar-refractivity contribution in [2.75, 3.05) is 0 Å². The maximum absolute atomic E-state index is 11.5. The molecule has 1 amide bonds. The summed E-state index contributed by atoms with van der Waals surface area (Å²) in [5.74, 6) is 0. The maximum atomic E-state index is 11.5. The van der Waals surface area contributed by atoms with Crippen LogP contribution in [0.15, 0.2) is 30.3 Å². The highest BCUT2D eigenvalue weighted by Gasteiger charge is 2.37. The van der Waals surface area contributed by atoms with Crippen LogP contribution in [0.25, 0.3) is 0 Å². The van der Waals surface area contributed by atoms with Crippen molar-refractivity contribution < 1.29 is 9.53 Å². The third kappa shape index (κ3) is 3.46. The Kier molecular flexibility index (Phi) is 3.33. The summed E-state index contributed by atoms with van der Waals surface area (Å²) in [7, 11) is 0. The topological polar surface area (TPSA) is 64.3 Å². The fourth-order valence-electron chi connectivity index (χ4n) is 2.10. The first-order chi connectivity index (χ1) is 8.05. The number of amides is 1. The van der Waals surface area contributed by atoms with Crippen LogP contribution in [0.3, 0.4) is 0 Å². The molecule has 0 spiro atoms. The molecule has 1 saturated carbocycles. The van der Waals surface area contributed by atoms with Gasteiger partial charge in [-0.15, -0.1) is 0 Å². The van der Waals surface area contributed by atoms with Crippen molar-refractivity contribution in [1.82, 2.24) is 5.32 Å². The molecule has 1 aliphatic rings. The van der Waals surface area contributed by atoms with Crippen molar-refractivity contribution in [2.24, 2.45) is 5.73 Å². The molecular formula is C13H18N2O2. The normalized spacial score (nSPS) is 27.1. The lowest BCUT2D eigenvalue weighted by molar-refractivity contribution is 0.118. The van der Waals surface area contributed by atoms with Gasteiger partial charge in [0.15, 0.2) is 0 Å².